The molecule has 0 spiro atoms. The van der Waals surface area contributed by atoms with Crippen molar-refractivity contribution in [3.05, 3.63) is 46.5 Å². The number of aryl methyl sites for hydroxylation is 1. The van der Waals surface area contributed by atoms with Crippen LogP contribution in [0.2, 0.25) is 0 Å². The Kier molecular flexibility index (Phi) is 4.82. The second-order valence-corrected chi connectivity index (χ2v) is 7.23. The molecule has 4 heterocycles. The Balaban J connectivity index is 1.29. The minimum Gasteiger partial charge on any atom is -0.338 e. The summed E-state index contributed by atoms with van der Waals surface area (Å²) in [6, 6.07) is 3.80. The van der Waals surface area contributed by atoms with Gasteiger partial charge in [0.25, 0.3) is 0 Å². The first kappa shape index (κ1) is 16.3. The maximum Gasteiger partial charge on any atom is 0.241 e. The first-order valence-electron chi connectivity index (χ1n) is 8.35. The summed E-state index contributed by atoms with van der Waals surface area (Å²) in [6.45, 7) is 7.72. The Morgan fingerprint density at radius 3 is 2.60 bits per heavy atom. The van der Waals surface area contributed by atoms with Gasteiger partial charge in [0, 0.05) is 56.1 Å². The molecule has 1 fully saturated rings. The topological polar surface area (TPSA) is 71.2 Å². The molecule has 1 aliphatic rings. The van der Waals surface area contributed by atoms with Gasteiger partial charge in [0.05, 0.1) is 17.2 Å². The van der Waals surface area contributed by atoms with E-state index in [1.54, 1.807) is 23.7 Å². The van der Waals surface area contributed by atoms with Crippen LogP contribution in [-0.4, -0.2) is 56.1 Å². The molecule has 1 aliphatic heterocycles. The Morgan fingerprint density at radius 2 is 1.92 bits per heavy atom. The summed E-state index contributed by atoms with van der Waals surface area (Å²) in [5.41, 5.74) is 2.05. The van der Waals surface area contributed by atoms with Crippen LogP contribution in [0.15, 0.2) is 34.4 Å². The number of aromatic nitrogens is 4. The summed E-state index contributed by atoms with van der Waals surface area (Å²) in [6.07, 6.45) is 3.48. The van der Waals surface area contributed by atoms with Gasteiger partial charge in [0.15, 0.2) is 0 Å². The van der Waals surface area contributed by atoms with Crippen LogP contribution in [0.1, 0.15) is 16.6 Å². The van der Waals surface area contributed by atoms with Crippen LogP contribution < -0.4 is 0 Å². The van der Waals surface area contributed by atoms with Gasteiger partial charge in [0.2, 0.25) is 11.7 Å². The van der Waals surface area contributed by atoms with Gasteiger partial charge in [-0.25, -0.2) is 4.98 Å². The molecule has 130 valence electrons. The summed E-state index contributed by atoms with van der Waals surface area (Å²) in [4.78, 5) is 17.9. The van der Waals surface area contributed by atoms with Crippen molar-refractivity contribution in [1.82, 2.24) is 29.9 Å². The Bertz CT molecular complexity index is 809. The zero-order valence-corrected chi connectivity index (χ0v) is 14.9. The highest BCUT2D eigenvalue weighted by Gasteiger charge is 2.20. The highest BCUT2D eigenvalue weighted by Crippen LogP contribution is 2.16. The fourth-order valence-corrected chi connectivity index (χ4v) is 3.54. The molecular formula is C17H20N6OS. The van der Waals surface area contributed by atoms with Crippen molar-refractivity contribution in [2.75, 3.05) is 26.2 Å². The SMILES string of the molecule is Cc1nc(CN2CCN(Cc3nc(-c4cccnc4)no3)CC2)cs1. The quantitative estimate of drug-likeness (QED) is 0.694. The molecule has 0 aromatic carbocycles. The zero-order valence-electron chi connectivity index (χ0n) is 14.1. The second-order valence-electron chi connectivity index (χ2n) is 6.16. The molecule has 3 aromatic heterocycles. The third kappa shape index (κ3) is 4.09. The van der Waals surface area contributed by atoms with E-state index in [9.17, 15) is 0 Å². The van der Waals surface area contributed by atoms with Crippen molar-refractivity contribution in [2.45, 2.75) is 20.0 Å². The molecule has 0 bridgehead atoms. The predicted octanol–water partition coefficient (Wildman–Crippen LogP) is 2.21. The first-order valence-corrected chi connectivity index (χ1v) is 9.23. The van der Waals surface area contributed by atoms with E-state index in [2.05, 4.69) is 42.2 Å². The zero-order chi connectivity index (χ0) is 17.1. The van der Waals surface area contributed by atoms with Crippen LogP contribution in [0, 0.1) is 6.92 Å². The van der Waals surface area contributed by atoms with Crippen LogP contribution in [0.25, 0.3) is 11.4 Å². The van der Waals surface area contributed by atoms with Gasteiger partial charge in [-0.3, -0.25) is 14.8 Å². The van der Waals surface area contributed by atoms with Crippen LogP contribution in [0.4, 0.5) is 0 Å². The molecule has 4 rings (SSSR count). The summed E-state index contributed by atoms with van der Waals surface area (Å²) >= 11 is 1.72. The Hall–Kier alpha value is -2.16. The summed E-state index contributed by atoms with van der Waals surface area (Å²) in [5.74, 6) is 1.25. The van der Waals surface area contributed by atoms with Gasteiger partial charge in [0.1, 0.15) is 0 Å². The highest BCUT2D eigenvalue weighted by molar-refractivity contribution is 7.09. The number of hydrogen-bond donors (Lipinski definition) is 0. The fraction of sp³-hybridized carbons (Fsp3) is 0.412. The van der Waals surface area contributed by atoms with Crippen molar-refractivity contribution in [2.24, 2.45) is 0 Å². The van der Waals surface area contributed by atoms with Crippen molar-refractivity contribution in [1.29, 1.82) is 0 Å². The van der Waals surface area contributed by atoms with E-state index in [4.69, 9.17) is 4.52 Å². The standard InChI is InChI=1S/C17H20N6OS/c1-13-19-15(12-25-13)10-22-5-7-23(8-6-22)11-16-20-17(21-24-16)14-3-2-4-18-9-14/h2-4,9,12H,5-8,10-11H2,1H3. The van der Waals surface area contributed by atoms with E-state index in [0.29, 0.717) is 18.3 Å². The van der Waals surface area contributed by atoms with Crippen LogP contribution in [0.5, 0.6) is 0 Å². The minimum absolute atomic E-state index is 0.598. The van der Waals surface area contributed by atoms with E-state index in [1.807, 2.05) is 12.1 Å². The maximum absolute atomic E-state index is 5.39. The fourth-order valence-electron chi connectivity index (χ4n) is 2.94. The highest BCUT2D eigenvalue weighted by atomic mass is 32.1. The average molecular weight is 356 g/mol. The van der Waals surface area contributed by atoms with E-state index in [0.717, 1.165) is 43.3 Å². The van der Waals surface area contributed by atoms with Crippen molar-refractivity contribution in [3.63, 3.8) is 0 Å². The smallest absolute Gasteiger partial charge is 0.241 e. The van der Waals surface area contributed by atoms with Gasteiger partial charge in [-0.15, -0.1) is 11.3 Å². The number of thiazole rings is 1. The van der Waals surface area contributed by atoms with Crippen molar-refractivity contribution in [3.8, 4) is 11.4 Å². The third-order valence-electron chi connectivity index (χ3n) is 4.26. The average Bonchev–Trinajstić information content (AvgIpc) is 3.27. The van der Waals surface area contributed by atoms with Crippen LogP contribution >= 0.6 is 11.3 Å². The predicted molar refractivity (Wildman–Crippen MR) is 94.9 cm³/mol. The lowest BCUT2D eigenvalue weighted by atomic mass is 10.3. The minimum atomic E-state index is 0.598. The lowest BCUT2D eigenvalue weighted by Gasteiger charge is -2.33. The lowest BCUT2D eigenvalue weighted by Crippen LogP contribution is -2.45. The largest absolute Gasteiger partial charge is 0.338 e. The molecule has 0 aliphatic carbocycles. The molecule has 0 saturated carbocycles. The molecule has 0 atom stereocenters. The van der Waals surface area contributed by atoms with Gasteiger partial charge >= 0.3 is 0 Å². The van der Waals surface area contributed by atoms with E-state index in [1.165, 1.54) is 5.69 Å². The lowest BCUT2D eigenvalue weighted by molar-refractivity contribution is 0.111. The summed E-state index contributed by atoms with van der Waals surface area (Å²) < 4.78 is 5.39. The van der Waals surface area contributed by atoms with Crippen molar-refractivity contribution >= 4 is 11.3 Å². The molecule has 25 heavy (non-hydrogen) atoms. The maximum atomic E-state index is 5.39. The van der Waals surface area contributed by atoms with E-state index >= 15 is 0 Å². The number of hydrogen-bond acceptors (Lipinski definition) is 8. The molecular weight excluding hydrogens is 336 g/mol. The summed E-state index contributed by atoms with van der Waals surface area (Å²) in [5, 5.41) is 7.34. The molecule has 0 N–H and O–H groups in total. The first-order chi connectivity index (χ1) is 12.3. The molecule has 0 amide bonds. The Labute approximate surface area is 150 Å². The third-order valence-corrected chi connectivity index (χ3v) is 5.09. The molecule has 1 saturated heterocycles. The molecule has 0 radical (unpaired) electrons. The van der Waals surface area contributed by atoms with Crippen LogP contribution in [-0.2, 0) is 13.1 Å². The van der Waals surface area contributed by atoms with Gasteiger partial charge < -0.3 is 4.52 Å². The van der Waals surface area contributed by atoms with E-state index < -0.39 is 0 Å². The molecule has 3 aromatic rings. The number of piperazine rings is 1. The second kappa shape index (κ2) is 7.38. The number of pyridine rings is 1. The van der Waals surface area contributed by atoms with Gasteiger partial charge in [-0.1, -0.05) is 5.16 Å². The summed E-state index contributed by atoms with van der Waals surface area (Å²) in [7, 11) is 0. The molecule has 8 heteroatoms. The monoisotopic (exact) mass is 356 g/mol. The number of nitrogens with zero attached hydrogens (tertiary/aromatic N) is 6. The molecule has 7 nitrogen and oxygen atoms in total. The normalized spacial score (nSPS) is 16.4. The number of rotatable bonds is 5. The Morgan fingerprint density at radius 1 is 1.12 bits per heavy atom. The van der Waals surface area contributed by atoms with Gasteiger partial charge in [-0.2, -0.15) is 4.98 Å². The van der Waals surface area contributed by atoms with Gasteiger partial charge in [-0.05, 0) is 19.1 Å². The van der Waals surface area contributed by atoms with Crippen LogP contribution in [0.3, 0.4) is 0 Å². The molecule has 0 unspecified atom stereocenters. The van der Waals surface area contributed by atoms with Crippen molar-refractivity contribution < 1.29 is 4.52 Å². The van der Waals surface area contributed by atoms with E-state index in [-0.39, 0.29) is 0 Å².